The molecule has 0 aromatic carbocycles. The van der Waals surface area contributed by atoms with Gasteiger partial charge < -0.3 is 16.0 Å². The number of rotatable bonds is 3. The van der Waals surface area contributed by atoms with Crippen LogP contribution in [-0.2, 0) is 9.59 Å². The molecule has 0 radical (unpaired) electrons. The number of nitrogens with zero attached hydrogens (tertiary/aromatic N) is 1. The number of imide groups is 1. The summed E-state index contributed by atoms with van der Waals surface area (Å²) in [5.41, 5.74) is 4.82. The molecule has 4 N–H and O–H groups in total. The van der Waals surface area contributed by atoms with E-state index in [9.17, 15) is 14.4 Å². The predicted molar refractivity (Wildman–Crippen MR) is 68.1 cm³/mol. The zero-order valence-electron chi connectivity index (χ0n) is 11.1. The highest BCUT2D eigenvalue weighted by molar-refractivity contribution is 6.07. The van der Waals surface area contributed by atoms with Gasteiger partial charge in [-0.25, -0.2) is 4.79 Å². The van der Waals surface area contributed by atoms with E-state index < -0.39 is 11.6 Å². The summed E-state index contributed by atoms with van der Waals surface area (Å²) >= 11 is 0. The van der Waals surface area contributed by atoms with Gasteiger partial charge in [0.15, 0.2) is 0 Å². The molecule has 1 atom stereocenters. The van der Waals surface area contributed by atoms with Crippen molar-refractivity contribution in [3.8, 4) is 0 Å². The fraction of sp³-hybridized carbons (Fsp3) is 0.750. The molecule has 2 aliphatic rings. The van der Waals surface area contributed by atoms with Crippen molar-refractivity contribution in [1.29, 1.82) is 0 Å². The van der Waals surface area contributed by atoms with Gasteiger partial charge in [0.2, 0.25) is 5.91 Å². The Balaban J connectivity index is 1.87. The second-order valence-electron chi connectivity index (χ2n) is 5.39. The van der Waals surface area contributed by atoms with Gasteiger partial charge in [-0.15, -0.1) is 0 Å². The normalized spacial score (nSPS) is 23.2. The number of hydrogen-bond donors (Lipinski definition) is 3. The van der Waals surface area contributed by atoms with Gasteiger partial charge >= 0.3 is 6.03 Å². The molecule has 2 aliphatic heterocycles. The molecular formula is C12H20N4O3. The zero-order chi connectivity index (χ0) is 14.0. The van der Waals surface area contributed by atoms with Crippen LogP contribution < -0.4 is 16.4 Å². The van der Waals surface area contributed by atoms with Crippen molar-refractivity contribution in [3.63, 3.8) is 0 Å². The molecule has 0 bridgehead atoms. The molecule has 0 aromatic heterocycles. The quantitative estimate of drug-likeness (QED) is 0.589. The highest BCUT2D eigenvalue weighted by Gasteiger charge is 2.48. The standard InChI is InChI=1S/C12H20N4O3/c1-8(13)2-3-9(17)16-6-4-12(5-7-16)10(18)14-11(19)15-12/h8H,2-7,13H2,1H3,(H2,14,15,18,19). The average Bonchev–Trinajstić information content (AvgIpc) is 2.62. The Kier molecular flexibility index (Phi) is 3.75. The molecule has 7 heteroatoms. The number of urea groups is 1. The van der Waals surface area contributed by atoms with Gasteiger partial charge in [0.05, 0.1) is 0 Å². The van der Waals surface area contributed by atoms with E-state index >= 15 is 0 Å². The third kappa shape index (κ3) is 2.86. The van der Waals surface area contributed by atoms with Gasteiger partial charge in [0.1, 0.15) is 5.54 Å². The SMILES string of the molecule is CC(N)CCC(=O)N1CCC2(CC1)NC(=O)NC2=O. The van der Waals surface area contributed by atoms with Crippen LogP contribution in [-0.4, -0.2) is 47.4 Å². The van der Waals surface area contributed by atoms with Crippen molar-refractivity contribution in [1.82, 2.24) is 15.5 Å². The van der Waals surface area contributed by atoms with E-state index in [-0.39, 0.29) is 17.9 Å². The van der Waals surface area contributed by atoms with Gasteiger partial charge in [0.25, 0.3) is 5.91 Å². The van der Waals surface area contributed by atoms with E-state index in [1.165, 1.54) is 0 Å². The van der Waals surface area contributed by atoms with Crippen molar-refractivity contribution in [2.75, 3.05) is 13.1 Å². The van der Waals surface area contributed by atoms with Crippen LogP contribution in [0.15, 0.2) is 0 Å². The summed E-state index contributed by atoms with van der Waals surface area (Å²) in [6.07, 6.45) is 2.03. The van der Waals surface area contributed by atoms with Gasteiger partial charge in [-0.2, -0.15) is 0 Å². The van der Waals surface area contributed by atoms with Crippen LogP contribution in [0, 0.1) is 0 Å². The van der Waals surface area contributed by atoms with Crippen molar-refractivity contribution in [2.45, 2.75) is 44.2 Å². The molecule has 2 fully saturated rings. The number of hydrogen-bond acceptors (Lipinski definition) is 4. The van der Waals surface area contributed by atoms with Gasteiger partial charge in [-0.1, -0.05) is 0 Å². The van der Waals surface area contributed by atoms with E-state index in [2.05, 4.69) is 10.6 Å². The molecule has 2 saturated heterocycles. The number of nitrogens with one attached hydrogen (secondary N) is 2. The Morgan fingerprint density at radius 1 is 1.42 bits per heavy atom. The Morgan fingerprint density at radius 2 is 2.05 bits per heavy atom. The predicted octanol–water partition coefficient (Wildman–Crippen LogP) is -0.686. The van der Waals surface area contributed by atoms with Crippen molar-refractivity contribution >= 4 is 17.8 Å². The summed E-state index contributed by atoms with van der Waals surface area (Å²) in [5.74, 6) is -0.211. The highest BCUT2D eigenvalue weighted by Crippen LogP contribution is 2.25. The van der Waals surface area contributed by atoms with Crippen molar-refractivity contribution in [2.24, 2.45) is 5.73 Å². The van der Waals surface area contributed by atoms with E-state index in [0.717, 1.165) is 0 Å². The molecule has 2 heterocycles. The van der Waals surface area contributed by atoms with Gasteiger partial charge in [-0.05, 0) is 26.2 Å². The number of piperidine rings is 1. The van der Waals surface area contributed by atoms with Crippen LogP contribution in [0.2, 0.25) is 0 Å². The Labute approximate surface area is 111 Å². The fourth-order valence-corrected chi connectivity index (χ4v) is 2.53. The highest BCUT2D eigenvalue weighted by atomic mass is 16.2. The lowest BCUT2D eigenvalue weighted by Crippen LogP contribution is -2.55. The topological polar surface area (TPSA) is 105 Å². The van der Waals surface area contributed by atoms with Crippen LogP contribution in [0.25, 0.3) is 0 Å². The van der Waals surface area contributed by atoms with Crippen LogP contribution in [0.4, 0.5) is 4.79 Å². The molecule has 2 rings (SSSR count). The molecule has 7 nitrogen and oxygen atoms in total. The third-order valence-electron chi connectivity index (χ3n) is 3.80. The summed E-state index contributed by atoms with van der Waals surface area (Å²) in [5, 5.41) is 4.92. The molecule has 1 unspecified atom stereocenters. The summed E-state index contributed by atoms with van der Waals surface area (Å²) in [6, 6.07) is -0.429. The minimum atomic E-state index is -0.810. The Hall–Kier alpha value is -1.63. The summed E-state index contributed by atoms with van der Waals surface area (Å²) in [7, 11) is 0. The lowest BCUT2D eigenvalue weighted by molar-refractivity contribution is -0.135. The largest absolute Gasteiger partial charge is 0.342 e. The summed E-state index contributed by atoms with van der Waals surface area (Å²) < 4.78 is 0. The second-order valence-corrected chi connectivity index (χ2v) is 5.39. The second kappa shape index (κ2) is 5.16. The maximum absolute atomic E-state index is 11.9. The van der Waals surface area contributed by atoms with Crippen molar-refractivity contribution in [3.05, 3.63) is 0 Å². The maximum Gasteiger partial charge on any atom is 0.322 e. The summed E-state index contributed by atoms with van der Waals surface area (Å²) in [4.78, 5) is 36.6. The minimum Gasteiger partial charge on any atom is -0.342 e. The Bertz CT molecular complexity index is 400. The first kappa shape index (κ1) is 13.8. The van der Waals surface area contributed by atoms with Crippen LogP contribution in [0.3, 0.4) is 0 Å². The average molecular weight is 268 g/mol. The van der Waals surface area contributed by atoms with Crippen LogP contribution in [0.5, 0.6) is 0 Å². The first-order chi connectivity index (χ1) is 8.93. The number of carbonyl (C=O) groups excluding carboxylic acids is 3. The van der Waals surface area contributed by atoms with Crippen LogP contribution >= 0.6 is 0 Å². The van der Waals surface area contributed by atoms with Gasteiger partial charge in [0, 0.05) is 25.6 Å². The zero-order valence-corrected chi connectivity index (χ0v) is 11.1. The maximum atomic E-state index is 11.9. The lowest BCUT2D eigenvalue weighted by Gasteiger charge is -2.37. The monoisotopic (exact) mass is 268 g/mol. The lowest BCUT2D eigenvalue weighted by atomic mass is 9.87. The molecule has 0 aromatic rings. The molecule has 0 saturated carbocycles. The van der Waals surface area contributed by atoms with E-state index in [1.54, 1.807) is 4.90 Å². The molecule has 4 amide bonds. The first-order valence-electron chi connectivity index (χ1n) is 6.60. The number of amides is 4. The van der Waals surface area contributed by atoms with Gasteiger partial charge in [-0.3, -0.25) is 14.9 Å². The number of likely N-dealkylation sites (tertiary alicyclic amines) is 1. The summed E-state index contributed by atoms with van der Waals surface area (Å²) in [6.45, 7) is 2.86. The molecule has 106 valence electrons. The third-order valence-corrected chi connectivity index (χ3v) is 3.80. The first-order valence-corrected chi connectivity index (χ1v) is 6.60. The molecule has 19 heavy (non-hydrogen) atoms. The van der Waals surface area contributed by atoms with Crippen LogP contribution in [0.1, 0.15) is 32.6 Å². The fourth-order valence-electron chi connectivity index (χ4n) is 2.53. The number of nitrogens with two attached hydrogens (primary N) is 1. The smallest absolute Gasteiger partial charge is 0.322 e. The van der Waals surface area contributed by atoms with Crippen molar-refractivity contribution < 1.29 is 14.4 Å². The molecule has 1 spiro atoms. The minimum absolute atomic E-state index is 0.0139. The van der Waals surface area contributed by atoms with E-state index in [4.69, 9.17) is 5.73 Å². The molecule has 0 aliphatic carbocycles. The Morgan fingerprint density at radius 3 is 2.53 bits per heavy atom. The number of carbonyl (C=O) groups is 3. The molecular weight excluding hydrogens is 248 g/mol. The van der Waals surface area contributed by atoms with E-state index in [0.29, 0.717) is 38.8 Å². The van der Waals surface area contributed by atoms with E-state index in [1.807, 2.05) is 6.92 Å².